The van der Waals surface area contributed by atoms with Crippen LogP contribution in [0.3, 0.4) is 0 Å². The predicted molar refractivity (Wildman–Crippen MR) is 85.8 cm³/mol. The van der Waals surface area contributed by atoms with Gasteiger partial charge in [-0.15, -0.1) is 22.7 Å². The molecule has 3 aromatic rings. The summed E-state index contributed by atoms with van der Waals surface area (Å²) in [4.78, 5) is 17.7. The van der Waals surface area contributed by atoms with E-state index in [0.717, 1.165) is 17.0 Å². The largest absolute Gasteiger partial charge is 0.350 e. The molecule has 102 valence electrons. The highest BCUT2D eigenvalue weighted by atomic mass is 32.1. The Kier molecular flexibility index (Phi) is 4.25. The number of rotatable bonds is 5. The number of amides is 1. The number of aromatic nitrogens is 1. The Morgan fingerprint density at radius 2 is 2.15 bits per heavy atom. The summed E-state index contributed by atoms with van der Waals surface area (Å²) < 4.78 is 0. The number of thiophene rings is 2. The number of carbonyl (C=O) groups is 1. The van der Waals surface area contributed by atoms with Gasteiger partial charge in [0.15, 0.2) is 0 Å². The van der Waals surface area contributed by atoms with Gasteiger partial charge in [-0.1, -0.05) is 6.07 Å². The fourth-order valence-corrected chi connectivity index (χ4v) is 3.96. The molecular formula is C14H12N2OS3. The lowest BCUT2D eigenvalue weighted by atomic mass is 10.3. The quantitative estimate of drug-likeness (QED) is 0.774. The molecule has 0 aliphatic carbocycles. The maximum atomic E-state index is 12.0. The Balaban J connectivity index is 1.57. The first-order valence-corrected chi connectivity index (χ1v) is 8.82. The standard InChI is InChI=1S/C14H12N2OS3/c17-13(15-5-3-11-2-1-6-19-11)12-9-20-14(16-12)10-4-7-18-8-10/h1-2,4,6-9H,3,5H2,(H,15,17). The van der Waals surface area contributed by atoms with Crippen LogP contribution < -0.4 is 5.32 Å². The summed E-state index contributed by atoms with van der Waals surface area (Å²) in [6, 6.07) is 6.12. The zero-order valence-electron chi connectivity index (χ0n) is 10.5. The molecule has 20 heavy (non-hydrogen) atoms. The average molecular weight is 320 g/mol. The van der Waals surface area contributed by atoms with Crippen molar-refractivity contribution in [3.05, 3.63) is 50.3 Å². The third-order valence-electron chi connectivity index (χ3n) is 2.74. The minimum atomic E-state index is -0.0979. The molecule has 1 N–H and O–H groups in total. The van der Waals surface area contributed by atoms with Gasteiger partial charge in [-0.3, -0.25) is 4.79 Å². The van der Waals surface area contributed by atoms with E-state index in [2.05, 4.69) is 16.4 Å². The molecule has 0 aliphatic heterocycles. The molecule has 0 radical (unpaired) electrons. The Morgan fingerprint density at radius 3 is 2.90 bits per heavy atom. The number of nitrogens with one attached hydrogen (secondary N) is 1. The van der Waals surface area contributed by atoms with Gasteiger partial charge in [-0.2, -0.15) is 11.3 Å². The number of thiazole rings is 1. The minimum absolute atomic E-state index is 0.0979. The Bertz CT molecular complexity index is 671. The molecule has 0 saturated heterocycles. The molecule has 0 fully saturated rings. The van der Waals surface area contributed by atoms with Gasteiger partial charge in [-0.25, -0.2) is 4.98 Å². The molecule has 6 heteroatoms. The highest BCUT2D eigenvalue weighted by molar-refractivity contribution is 7.14. The van der Waals surface area contributed by atoms with Gasteiger partial charge < -0.3 is 5.32 Å². The highest BCUT2D eigenvalue weighted by Crippen LogP contribution is 2.25. The second-order valence-electron chi connectivity index (χ2n) is 4.14. The average Bonchev–Trinajstić information content (AvgIpc) is 3.20. The van der Waals surface area contributed by atoms with E-state index in [4.69, 9.17) is 0 Å². The first kappa shape index (κ1) is 13.5. The van der Waals surface area contributed by atoms with Gasteiger partial charge in [0.2, 0.25) is 0 Å². The van der Waals surface area contributed by atoms with E-state index in [1.165, 1.54) is 16.2 Å². The fraction of sp³-hybridized carbons (Fsp3) is 0.143. The van der Waals surface area contributed by atoms with Crippen molar-refractivity contribution < 1.29 is 4.79 Å². The zero-order chi connectivity index (χ0) is 13.8. The van der Waals surface area contributed by atoms with Crippen molar-refractivity contribution in [1.82, 2.24) is 10.3 Å². The van der Waals surface area contributed by atoms with Gasteiger partial charge in [0.25, 0.3) is 5.91 Å². The van der Waals surface area contributed by atoms with Crippen molar-refractivity contribution in [1.29, 1.82) is 0 Å². The maximum Gasteiger partial charge on any atom is 0.270 e. The number of hydrogen-bond acceptors (Lipinski definition) is 5. The van der Waals surface area contributed by atoms with E-state index in [9.17, 15) is 4.79 Å². The first-order valence-electron chi connectivity index (χ1n) is 6.11. The summed E-state index contributed by atoms with van der Waals surface area (Å²) in [6.45, 7) is 0.644. The molecule has 0 bridgehead atoms. The first-order chi connectivity index (χ1) is 9.83. The van der Waals surface area contributed by atoms with Gasteiger partial charge in [0.05, 0.1) is 0 Å². The fourth-order valence-electron chi connectivity index (χ4n) is 1.74. The van der Waals surface area contributed by atoms with Crippen molar-refractivity contribution in [3.8, 4) is 10.6 Å². The number of carbonyl (C=O) groups excluding carboxylic acids is 1. The van der Waals surface area contributed by atoms with E-state index in [-0.39, 0.29) is 5.91 Å². The predicted octanol–water partition coefficient (Wildman–Crippen LogP) is 3.91. The van der Waals surface area contributed by atoms with E-state index in [0.29, 0.717) is 12.2 Å². The smallest absolute Gasteiger partial charge is 0.270 e. The van der Waals surface area contributed by atoms with Gasteiger partial charge in [0, 0.05) is 27.7 Å². The van der Waals surface area contributed by atoms with Gasteiger partial charge in [-0.05, 0) is 29.3 Å². The normalized spacial score (nSPS) is 10.6. The van der Waals surface area contributed by atoms with Crippen molar-refractivity contribution in [2.75, 3.05) is 6.54 Å². The Hall–Kier alpha value is -1.50. The maximum absolute atomic E-state index is 12.0. The van der Waals surface area contributed by atoms with Crippen LogP contribution in [0.15, 0.2) is 39.7 Å². The van der Waals surface area contributed by atoms with Crippen LogP contribution in [0, 0.1) is 0 Å². The summed E-state index contributed by atoms with van der Waals surface area (Å²) in [5.41, 5.74) is 1.58. The van der Waals surface area contributed by atoms with Crippen LogP contribution in [0.2, 0.25) is 0 Å². The minimum Gasteiger partial charge on any atom is -0.350 e. The molecule has 3 nitrogen and oxygen atoms in total. The molecule has 0 aliphatic rings. The van der Waals surface area contributed by atoms with E-state index < -0.39 is 0 Å². The molecule has 0 atom stereocenters. The van der Waals surface area contributed by atoms with Crippen molar-refractivity contribution >= 4 is 39.9 Å². The van der Waals surface area contributed by atoms with Gasteiger partial charge in [0.1, 0.15) is 10.7 Å². The number of hydrogen-bond donors (Lipinski definition) is 1. The topological polar surface area (TPSA) is 42.0 Å². The molecular weight excluding hydrogens is 308 g/mol. The second-order valence-corrected chi connectivity index (χ2v) is 6.81. The second kappa shape index (κ2) is 6.30. The van der Waals surface area contributed by atoms with Crippen LogP contribution in [0.1, 0.15) is 15.4 Å². The Labute approximate surface area is 128 Å². The lowest BCUT2D eigenvalue weighted by molar-refractivity contribution is 0.0950. The van der Waals surface area contributed by atoms with Crippen LogP contribution in [0.4, 0.5) is 0 Å². The molecule has 1 amide bonds. The van der Waals surface area contributed by atoms with Crippen LogP contribution in [0.5, 0.6) is 0 Å². The third kappa shape index (κ3) is 3.15. The van der Waals surface area contributed by atoms with Crippen molar-refractivity contribution in [3.63, 3.8) is 0 Å². The molecule has 0 saturated carbocycles. The zero-order valence-corrected chi connectivity index (χ0v) is 13.0. The van der Waals surface area contributed by atoms with E-state index in [1.54, 1.807) is 22.7 Å². The van der Waals surface area contributed by atoms with Crippen LogP contribution in [-0.2, 0) is 6.42 Å². The van der Waals surface area contributed by atoms with Gasteiger partial charge >= 0.3 is 0 Å². The molecule has 3 aromatic heterocycles. The summed E-state index contributed by atoms with van der Waals surface area (Å²) >= 11 is 4.84. The Morgan fingerprint density at radius 1 is 1.20 bits per heavy atom. The molecule has 0 spiro atoms. The van der Waals surface area contributed by atoms with Crippen LogP contribution >= 0.6 is 34.0 Å². The lowest BCUT2D eigenvalue weighted by Gasteiger charge is -2.01. The third-order valence-corrected chi connectivity index (χ3v) is 5.25. The molecule has 0 aromatic carbocycles. The van der Waals surface area contributed by atoms with Crippen LogP contribution in [-0.4, -0.2) is 17.4 Å². The lowest BCUT2D eigenvalue weighted by Crippen LogP contribution is -2.25. The monoisotopic (exact) mass is 320 g/mol. The van der Waals surface area contributed by atoms with E-state index in [1.807, 2.05) is 33.7 Å². The summed E-state index contributed by atoms with van der Waals surface area (Å²) in [6.07, 6.45) is 0.866. The van der Waals surface area contributed by atoms with Crippen LogP contribution in [0.25, 0.3) is 10.6 Å². The van der Waals surface area contributed by atoms with Crippen molar-refractivity contribution in [2.24, 2.45) is 0 Å². The van der Waals surface area contributed by atoms with E-state index >= 15 is 0 Å². The summed E-state index contributed by atoms with van der Waals surface area (Å²) in [5.74, 6) is -0.0979. The SMILES string of the molecule is O=C(NCCc1cccs1)c1csc(-c2ccsc2)n1. The summed E-state index contributed by atoms with van der Waals surface area (Å²) in [5, 5.41) is 11.7. The summed E-state index contributed by atoms with van der Waals surface area (Å²) in [7, 11) is 0. The molecule has 3 rings (SSSR count). The molecule has 0 unspecified atom stereocenters. The van der Waals surface area contributed by atoms with Crippen molar-refractivity contribution in [2.45, 2.75) is 6.42 Å². The molecule has 3 heterocycles. The highest BCUT2D eigenvalue weighted by Gasteiger charge is 2.11. The number of nitrogens with zero attached hydrogens (tertiary/aromatic N) is 1.